The van der Waals surface area contributed by atoms with Gasteiger partial charge in [-0.3, -0.25) is 14.2 Å². The molecule has 0 heterocycles. The topological polar surface area (TPSA) is 114 Å². The van der Waals surface area contributed by atoms with Crippen LogP contribution in [0.2, 0.25) is 0 Å². The number of amides is 1. The van der Waals surface area contributed by atoms with Crippen LogP contribution in [0.15, 0.2) is 85.1 Å². The molecule has 3 atom stereocenters. The molecule has 0 aliphatic rings. The summed E-state index contributed by atoms with van der Waals surface area (Å²) in [5, 5.41) is 3.01. The van der Waals surface area contributed by atoms with Crippen molar-refractivity contribution in [2.24, 2.45) is 0 Å². The highest BCUT2D eigenvalue weighted by Crippen LogP contribution is 2.38. The summed E-state index contributed by atoms with van der Waals surface area (Å²) in [5.41, 5.74) is 0. The largest absolute Gasteiger partial charge is 0.756 e. The zero-order valence-corrected chi connectivity index (χ0v) is 48.3. The quantitative estimate of drug-likeness (QED) is 0.0212. The van der Waals surface area contributed by atoms with Crippen molar-refractivity contribution < 1.29 is 37.3 Å². The number of quaternary nitrogens is 1. The Balaban J connectivity index is 5.28. The molecule has 0 aromatic rings. The Morgan fingerprint density at radius 2 is 0.889 bits per heavy atom. The molecule has 3 unspecified atom stereocenters. The lowest BCUT2D eigenvalue weighted by Crippen LogP contribution is -2.47. The van der Waals surface area contributed by atoms with E-state index >= 15 is 0 Å². The lowest BCUT2D eigenvalue weighted by atomic mass is 10.0. The van der Waals surface area contributed by atoms with Gasteiger partial charge in [0.05, 0.1) is 33.8 Å². The van der Waals surface area contributed by atoms with E-state index < -0.39 is 26.6 Å². The Hall–Kier alpha value is -2.81. The second kappa shape index (κ2) is 51.7. The molecule has 0 bridgehead atoms. The molecule has 0 aliphatic heterocycles. The summed E-state index contributed by atoms with van der Waals surface area (Å²) in [6.45, 7) is 6.69. The molecule has 10 heteroatoms. The van der Waals surface area contributed by atoms with Crippen LogP contribution in [0.25, 0.3) is 0 Å². The minimum Gasteiger partial charge on any atom is -0.756 e. The van der Waals surface area contributed by atoms with Crippen LogP contribution in [0.1, 0.15) is 245 Å². The van der Waals surface area contributed by atoms with Crippen molar-refractivity contribution in [3.05, 3.63) is 85.1 Å². The lowest BCUT2D eigenvalue weighted by Gasteiger charge is -2.30. The predicted molar refractivity (Wildman–Crippen MR) is 307 cm³/mol. The summed E-state index contributed by atoms with van der Waals surface area (Å²) in [7, 11) is 1.16. The third-order valence-electron chi connectivity index (χ3n) is 12.6. The van der Waals surface area contributed by atoms with Gasteiger partial charge in [-0.05, 0) is 83.1 Å². The number of carbonyl (C=O) groups excluding carboxylic acids is 2. The second-order valence-corrected chi connectivity index (χ2v) is 22.2. The number of unbranched alkanes of at least 4 members (excludes halogenated alkanes) is 24. The SMILES string of the molecule is CC/C=C\C/C=C\C/C=C\C/C=C\C/C=C\C/C=C\CCCCCCC(=O)NC(COP(=O)([O-])OCC[N+](C)(C)C)C(/C=C\CCCCCCCCCCCC)OC(=O)CCCCCCCCCCCCC. The summed E-state index contributed by atoms with van der Waals surface area (Å²) in [6.07, 6.45) is 66.9. The summed E-state index contributed by atoms with van der Waals surface area (Å²) >= 11 is 0. The van der Waals surface area contributed by atoms with Crippen molar-refractivity contribution in [1.82, 2.24) is 5.32 Å². The molecule has 0 saturated carbocycles. The highest BCUT2D eigenvalue weighted by molar-refractivity contribution is 7.45. The van der Waals surface area contributed by atoms with Crippen molar-refractivity contribution in [2.45, 2.75) is 258 Å². The van der Waals surface area contributed by atoms with E-state index in [0.29, 0.717) is 17.4 Å². The zero-order valence-electron chi connectivity index (χ0n) is 47.4. The van der Waals surface area contributed by atoms with E-state index in [9.17, 15) is 19.0 Å². The molecule has 0 radical (unpaired) electrons. The van der Waals surface area contributed by atoms with E-state index in [2.05, 4.69) is 99.0 Å². The second-order valence-electron chi connectivity index (χ2n) is 20.8. The van der Waals surface area contributed by atoms with Gasteiger partial charge in [-0.15, -0.1) is 0 Å². The third-order valence-corrected chi connectivity index (χ3v) is 13.6. The molecule has 0 aliphatic carbocycles. The van der Waals surface area contributed by atoms with Gasteiger partial charge in [-0.25, -0.2) is 0 Å². The maximum absolute atomic E-state index is 13.5. The number of allylic oxidation sites excluding steroid dienone is 13. The smallest absolute Gasteiger partial charge is 0.306 e. The third kappa shape index (κ3) is 52.1. The van der Waals surface area contributed by atoms with Crippen molar-refractivity contribution in [2.75, 3.05) is 40.9 Å². The van der Waals surface area contributed by atoms with Crippen LogP contribution in [0.5, 0.6) is 0 Å². The molecule has 0 spiro atoms. The van der Waals surface area contributed by atoms with E-state index in [-0.39, 0.29) is 31.3 Å². The van der Waals surface area contributed by atoms with Crippen LogP contribution >= 0.6 is 7.82 Å². The minimum atomic E-state index is -4.70. The fourth-order valence-electron chi connectivity index (χ4n) is 8.05. The van der Waals surface area contributed by atoms with Gasteiger partial charge in [0.2, 0.25) is 5.91 Å². The van der Waals surface area contributed by atoms with E-state index in [1.54, 1.807) is 0 Å². The first-order valence-electron chi connectivity index (χ1n) is 29.4. The molecule has 9 nitrogen and oxygen atoms in total. The summed E-state index contributed by atoms with van der Waals surface area (Å²) in [6, 6.07) is -0.903. The number of ether oxygens (including phenoxy) is 1. The Morgan fingerprint density at radius 3 is 1.33 bits per heavy atom. The van der Waals surface area contributed by atoms with Crippen molar-refractivity contribution in [3.63, 3.8) is 0 Å². The van der Waals surface area contributed by atoms with Crippen molar-refractivity contribution in [1.29, 1.82) is 0 Å². The average Bonchev–Trinajstić information content (AvgIpc) is 3.34. The number of nitrogens with one attached hydrogen (secondary N) is 1. The summed E-state index contributed by atoms with van der Waals surface area (Å²) < 4.78 is 30.2. The summed E-state index contributed by atoms with van der Waals surface area (Å²) in [4.78, 5) is 39.8. The van der Waals surface area contributed by atoms with Gasteiger partial charge < -0.3 is 28.5 Å². The van der Waals surface area contributed by atoms with Crippen LogP contribution < -0.4 is 10.2 Å². The van der Waals surface area contributed by atoms with E-state index in [1.807, 2.05) is 33.3 Å². The summed E-state index contributed by atoms with van der Waals surface area (Å²) in [5.74, 6) is -0.572. The highest BCUT2D eigenvalue weighted by Gasteiger charge is 2.27. The Morgan fingerprint density at radius 1 is 0.500 bits per heavy atom. The minimum absolute atomic E-state index is 0.0302. The fourth-order valence-corrected chi connectivity index (χ4v) is 8.78. The molecule has 1 amide bonds. The lowest BCUT2D eigenvalue weighted by molar-refractivity contribution is -0.870. The first-order valence-corrected chi connectivity index (χ1v) is 30.9. The molecule has 0 aromatic carbocycles. The molecule has 416 valence electrons. The molecule has 0 rings (SSSR count). The molecular formula is C62H111N2O7P. The number of rotatable bonds is 52. The van der Waals surface area contributed by atoms with Gasteiger partial charge in [0.25, 0.3) is 7.82 Å². The van der Waals surface area contributed by atoms with Gasteiger partial charge in [-0.2, -0.15) is 0 Å². The van der Waals surface area contributed by atoms with Gasteiger partial charge in [0.1, 0.15) is 19.3 Å². The number of phosphoric ester groups is 1. The number of nitrogens with zero attached hydrogens (tertiary/aromatic N) is 1. The normalized spacial score (nSPS) is 14.4. The fraction of sp³-hybridized carbons (Fsp3) is 0.742. The van der Waals surface area contributed by atoms with Crippen molar-refractivity contribution >= 4 is 19.7 Å². The van der Waals surface area contributed by atoms with Crippen LogP contribution in [-0.4, -0.2) is 69.4 Å². The van der Waals surface area contributed by atoms with Crippen molar-refractivity contribution in [3.8, 4) is 0 Å². The number of phosphoric acid groups is 1. The number of esters is 1. The number of hydrogen-bond acceptors (Lipinski definition) is 7. The molecule has 0 saturated heterocycles. The Kier molecular flexibility index (Phi) is 49.6. The van der Waals surface area contributed by atoms with E-state index in [1.165, 1.54) is 103 Å². The molecular weight excluding hydrogens is 916 g/mol. The van der Waals surface area contributed by atoms with E-state index in [0.717, 1.165) is 103 Å². The average molecular weight is 1030 g/mol. The maximum Gasteiger partial charge on any atom is 0.306 e. The number of likely N-dealkylation sites (N-methyl/N-ethyl adjacent to an activating group) is 1. The van der Waals surface area contributed by atoms with Crippen LogP contribution in [0, 0.1) is 0 Å². The maximum atomic E-state index is 13.5. The number of hydrogen-bond donors (Lipinski definition) is 1. The Labute approximate surface area is 444 Å². The highest BCUT2D eigenvalue weighted by atomic mass is 31.2. The van der Waals surface area contributed by atoms with Crippen LogP contribution in [0.3, 0.4) is 0 Å². The van der Waals surface area contributed by atoms with E-state index in [4.69, 9.17) is 13.8 Å². The van der Waals surface area contributed by atoms with Gasteiger partial charge in [0.15, 0.2) is 0 Å². The molecule has 72 heavy (non-hydrogen) atoms. The number of carbonyl (C=O) groups is 2. The zero-order chi connectivity index (χ0) is 52.9. The standard InChI is InChI=1S/C62H111N2O7P/c1-7-10-13-16-19-22-25-27-28-29-30-31-32-33-34-35-36-37-40-42-45-48-51-54-61(65)63-59(58-70-72(67,68)69-57-56-64(4,5)6)60(53-50-47-44-41-39-26-23-20-17-14-11-8-2)71-62(66)55-52-49-46-43-38-24-21-18-15-12-9-3/h10,13,19,22,27-28,30-31,33-34,36-37,50,53,59-60H,7-9,11-12,14-18,20-21,23-26,29,32,35,38-49,51-52,54-58H2,1-6H3,(H-,63,65,67,68)/b13-10-,22-19-,28-27-,31-30-,34-33-,37-36-,53-50-. The van der Waals surface area contributed by atoms with Gasteiger partial charge >= 0.3 is 5.97 Å². The van der Waals surface area contributed by atoms with Gasteiger partial charge in [0, 0.05) is 12.8 Å². The van der Waals surface area contributed by atoms with Crippen LogP contribution in [0.4, 0.5) is 0 Å². The monoisotopic (exact) mass is 1030 g/mol. The predicted octanol–water partition coefficient (Wildman–Crippen LogP) is 17.2. The Bertz CT molecular complexity index is 1510. The van der Waals surface area contributed by atoms with Gasteiger partial charge in [-0.1, -0.05) is 235 Å². The molecule has 0 aromatic heterocycles. The van der Waals surface area contributed by atoms with Crippen LogP contribution in [-0.2, 0) is 27.9 Å². The molecule has 1 N–H and O–H groups in total. The molecule has 0 fully saturated rings. The first-order chi connectivity index (χ1) is 34.9. The first kappa shape index (κ1) is 69.2.